The van der Waals surface area contributed by atoms with Gasteiger partial charge < -0.3 is 85.4 Å². The van der Waals surface area contributed by atoms with E-state index in [-0.39, 0.29) is 141 Å². The van der Waals surface area contributed by atoms with Crippen molar-refractivity contribution in [3.63, 3.8) is 0 Å². The standard InChI is InChI=1S/C29H37ClN4O5.2C29H35ClN4O4.C5H8BrNO3.C5H7BrO3.CH3FS.ClH.H3NO/c1-39-24-10-9-19(30)25-18(24)14-21(32-25)28(38)34-16-29(11-5-2-6-12-29)15-22(34)27(37)33-20(26(31)36)13-17-7-3-4-8-23(17)35;2*1-38-25-10-9-21(30)26-20(25)14-22(33-26)28(37)34-17-29(11-5-2-6-12-29)15-23(34)27(36)32-19(16-31)13-18-7-3-4-8-24(18)35;1-2-10-5(8)4(3-6)7-9;1-2-9-5(8)4(7)3-6;1-3-2;;1-2/h9-10,14,17,20,22,32H,2-8,11-13,15-16H2,1H3,(H2,31,36)(H,33,37);2*9-10,14,18-19,23,33H,2-8,11-13,15,17H2,1H3,(H,32,36);9H,2-3H2,1H3;2-3H2,1H3;1H3;1H;2H,1H2/b;;;7-4+;;;;/t17-,20-,22?;2*18-,19?,23?;;;;;/m000...../s1. The second-order valence-electron chi connectivity index (χ2n) is 36.9. The quantitative estimate of drug-likeness (QED) is 0.00635. The number of alkyl halides is 2. The maximum Gasteiger partial charge on any atom is 0.375 e. The monoisotopic (exact) mass is 2170 g/mol. The summed E-state index contributed by atoms with van der Waals surface area (Å²) < 4.78 is 35.5. The number of amides is 7. The number of fused-ring (bicyclic) bond motifs is 3. The molecule has 0 bridgehead atoms. The Balaban J connectivity index is 0.000000229. The number of nitrogens with one attached hydrogen (secondary N) is 6. The van der Waals surface area contributed by atoms with Gasteiger partial charge in [-0.15, -0.1) is 12.4 Å². The van der Waals surface area contributed by atoms with Crippen molar-refractivity contribution in [2.24, 2.45) is 50.8 Å². The molecule has 12 N–H and O–H groups in total. The van der Waals surface area contributed by atoms with Crippen LogP contribution in [-0.2, 0) is 57.4 Å². The molecule has 34 nitrogen and oxygen atoms in total. The zero-order chi connectivity index (χ0) is 101. The average molecular weight is 2180 g/mol. The number of ketones is 4. The molecule has 9 fully saturated rings. The number of aromatic amines is 3. The van der Waals surface area contributed by atoms with Crippen molar-refractivity contribution >= 4 is 206 Å². The number of nitrogens with zero attached hydrogens (tertiary/aromatic N) is 6. The molecule has 6 aliphatic carbocycles. The number of ether oxygens (including phenoxy) is 5. The van der Waals surface area contributed by atoms with E-state index in [1.807, 2.05) is 0 Å². The first-order valence-corrected chi connectivity index (χ1v) is 52.0. The predicted octanol–water partition coefficient (Wildman–Crippen LogP) is 16.7. The number of benzene rings is 3. The number of esters is 2. The fourth-order valence-corrected chi connectivity index (χ4v) is 22.2. The van der Waals surface area contributed by atoms with Crippen molar-refractivity contribution in [1.29, 1.82) is 10.5 Å². The molecule has 6 saturated carbocycles. The minimum absolute atomic E-state index is 0. The number of hydrogen-bond donors (Lipinski definition) is 10. The van der Waals surface area contributed by atoms with Crippen LogP contribution >= 0.6 is 91.2 Å². The lowest BCUT2D eigenvalue weighted by atomic mass is 9.72. The molecule has 0 radical (unpaired) electrons. The lowest BCUT2D eigenvalue weighted by Gasteiger charge is -2.32. The Hall–Kier alpha value is -9.64. The Kier molecular flexibility index (Phi) is 46.1. The molecule has 5 unspecified atom stereocenters. The van der Waals surface area contributed by atoms with Gasteiger partial charge in [-0.2, -0.15) is 14.4 Å². The maximum atomic E-state index is 13.9. The van der Waals surface area contributed by atoms with E-state index in [0.717, 1.165) is 135 Å². The second-order valence-corrected chi connectivity index (χ2v) is 39.6. The number of rotatable bonds is 25. The third-order valence-electron chi connectivity index (χ3n) is 28.0. The number of Topliss-reactive ketones (excluding diaryl/α,β-unsaturated/α-hetero) is 4. The summed E-state index contributed by atoms with van der Waals surface area (Å²) in [6.45, 7) is 5.33. The molecule has 42 heteroatoms. The summed E-state index contributed by atoms with van der Waals surface area (Å²) in [5, 5.41) is 49.4. The number of nitriles is 2. The van der Waals surface area contributed by atoms with Gasteiger partial charge in [0.1, 0.15) is 87.9 Å². The zero-order valence-electron chi connectivity index (χ0n) is 79.8. The average Bonchev–Trinajstić information content (AvgIpc) is 1.61. The predicted molar refractivity (Wildman–Crippen MR) is 538 cm³/mol. The molecule has 7 amide bonds. The number of halogens is 7. The second kappa shape index (κ2) is 55.8. The Bertz CT molecular complexity index is 5260. The zero-order valence-corrected chi connectivity index (χ0v) is 86.9. The van der Waals surface area contributed by atoms with Crippen molar-refractivity contribution < 1.29 is 100 Å². The molecule has 15 rings (SSSR count). The van der Waals surface area contributed by atoms with Crippen molar-refractivity contribution in [1.82, 2.24) is 45.6 Å². The third-order valence-corrected chi connectivity index (χ3v) is 30.0. The van der Waals surface area contributed by atoms with Gasteiger partial charge in [-0.1, -0.05) is 149 Å². The van der Waals surface area contributed by atoms with Crippen LogP contribution in [0.5, 0.6) is 17.2 Å². The van der Waals surface area contributed by atoms with Gasteiger partial charge in [0.2, 0.25) is 29.4 Å². The number of methoxy groups -OCH3 is 3. The number of nitrogens with two attached hydrogens (primary N) is 2. The minimum atomic E-state index is -0.958. The largest absolute Gasteiger partial charge is 0.496 e. The van der Waals surface area contributed by atoms with Crippen molar-refractivity contribution in [3.8, 4) is 29.4 Å². The van der Waals surface area contributed by atoms with E-state index in [2.05, 4.69) is 95.4 Å². The number of primary amides is 1. The summed E-state index contributed by atoms with van der Waals surface area (Å²) in [7, 11) is 4.69. The molecule has 9 atom stereocenters. The van der Waals surface area contributed by atoms with E-state index < -0.39 is 65.8 Å². The summed E-state index contributed by atoms with van der Waals surface area (Å²) in [5.74, 6) is 0.673. The van der Waals surface area contributed by atoms with Crippen LogP contribution in [0.1, 0.15) is 257 Å². The summed E-state index contributed by atoms with van der Waals surface area (Å²) in [6, 6.07) is 15.4. The van der Waals surface area contributed by atoms with E-state index >= 15 is 0 Å². The topological polar surface area (TPSA) is 514 Å². The van der Waals surface area contributed by atoms with Crippen LogP contribution in [0, 0.1) is 56.7 Å². The molecule has 3 aromatic heterocycles. The molecule has 9 aliphatic rings. The van der Waals surface area contributed by atoms with Gasteiger partial charge in [0.15, 0.2) is 5.71 Å². The van der Waals surface area contributed by atoms with E-state index in [9.17, 15) is 76.7 Å². The van der Waals surface area contributed by atoms with Gasteiger partial charge in [0.25, 0.3) is 17.7 Å². The molecule has 766 valence electrons. The molecular weight excluding hydrogens is 2050 g/mol. The van der Waals surface area contributed by atoms with Crippen LogP contribution in [0.2, 0.25) is 15.1 Å². The van der Waals surface area contributed by atoms with Gasteiger partial charge in [-0.05, 0) is 200 Å². The molecule has 140 heavy (non-hydrogen) atoms. The molecule has 3 saturated heterocycles. The number of carbonyl (C=O) groups excluding carboxylic acids is 13. The lowest BCUT2D eigenvalue weighted by Crippen LogP contribution is -2.53. The van der Waals surface area contributed by atoms with Gasteiger partial charge >= 0.3 is 11.9 Å². The molecule has 6 aromatic rings. The highest BCUT2D eigenvalue weighted by molar-refractivity contribution is 9.09. The first-order valence-electron chi connectivity index (χ1n) is 47.5. The summed E-state index contributed by atoms with van der Waals surface area (Å²) in [4.78, 5) is 178. The smallest absolute Gasteiger partial charge is 0.375 e. The first kappa shape index (κ1) is 116. The normalized spacial score (nSPS) is 21.0. The highest BCUT2D eigenvalue weighted by atomic mass is 79.9. The Morgan fingerprint density at radius 1 is 0.514 bits per heavy atom. The summed E-state index contributed by atoms with van der Waals surface area (Å²) in [6.07, 6.45) is 29.0. The van der Waals surface area contributed by atoms with Gasteiger partial charge in [0.05, 0.1) is 89.0 Å². The number of carbonyl (C=O) groups is 13. The highest BCUT2D eigenvalue weighted by Gasteiger charge is 2.53. The van der Waals surface area contributed by atoms with Crippen LogP contribution < -0.4 is 41.8 Å². The number of hydrogen-bond acceptors (Lipinski definition) is 25. The van der Waals surface area contributed by atoms with Crippen LogP contribution in [0.25, 0.3) is 32.7 Å². The SMILES string of the molecule is CCOC(=O)/C(CBr)=N/O.CCOC(=O)C(=O)CBr.COc1ccc(Cl)c2[nH]c(C(=O)N3CC4(CCCCC4)CC3C(=O)NC(C#N)C[C@@H]3CCCCC3=O)cc12.COc1ccc(Cl)c2[nH]c(C(=O)N3CC4(CCCCC4)CC3C(=O)NC(C#N)C[C@@H]3CCCCC3=O)cc12.COc1ccc(Cl)c2[nH]c(C(=O)N3CC4(CCCCC4)CC3C(=O)N[C@@H](C[C@@H]3CCCCC3=O)C(N)=O)cc12.CSF.Cl.NO. The number of H-pyrrole nitrogens is 3. The van der Waals surface area contributed by atoms with Crippen molar-refractivity contribution in [3.05, 3.63) is 86.7 Å². The van der Waals surface area contributed by atoms with Crippen LogP contribution in [0.3, 0.4) is 0 Å². The summed E-state index contributed by atoms with van der Waals surface area (Å²) >= 11 is 25.2. The number of aromatic nitrogens is 3. The molecule has 3 spiro atoms. The Labute approximate surface area is 856 Å². The highest BCUT2D eigenvalue weighted by Crippen LogP contribution is 2.51. The van der Waals surface area contributed by atoms with Crippen molar-refractivity contribution in [2.75, 3.05) is 71.1 Å². The maximum absolute atomic E-state index is 13.9. The Morgan fingerprint density at radius 3 is 1.09 bits per heavy atom. The van der Waals surface area contributed by atoms with Crippen LogP contribution in [0.4, 0.5) is 3.89 Å². The molecular formula is C98H129Br2Cl4FN14O20S. The number of oxime groups is 1. The minimum Gasteiger partial charge on any atom is -0.496 e. The van der Waals surface area contributed by atoms with Gasteiger partial charge in [-0.3, -0.25) is 52.7 Å². The number of likely N-dealkylation sites (tertiary alicyclic amines) is 3. The molecule has 3 aliphatic heterocycles. The van der Waals surface area contributed by atoms with E-state index in [1.165, 1.54) is 19.1 Å². The fourth-order valence-electron chi connectivity index (χ4n) is 21.0. The Morgan fingerprint density at radius 2 is 0.821 bits per heavy atom. The van der Waals surface area contributed by atoms with Crippen LogP contribution in [0.15, 0.2) is 59.8 Å². The van der Waals surface area contributed by atoms with Crippen LogP contribution in [-0.4, -0.2) is 230 Å². The lowest BCUT2D eigenvalue weighted by molar-refractivity contribution is -0.152. The van der Waals surface area contributed by atoms with E-state index in [0.29, 0.717) is 160 Å². The van der Waals surface area contributed by atoms with Gasteiger partial charge in [0, 0.05) is 91.2 Å². The van der Waals surface area contributed by atoms with Crippen molar-refractivity contribution in [2.45, 2.75) is 262 Å². The van der Waals surface area contributed by atoms with Gasteiger partial charge in [-0.25, -0.2) is 15.5 Å². The first-order chi connectivity index (χ1) is 66.8. The third kappa shape index (κ3) is 29.8. The molecule has 6 heterocycles. The van der Waals surface area contributed by atoms with E-state index in [1.54, 1.807) is 104 Å². The molecule has 3 aromatic carbocycles. The fraction of sp³-hybridized carbons (Fsp3) is 0.592. The summed E-state index contributed by atoms with van der Waals surface area (Å²) in [5.41, 5.74) is 8.16. The van der Waals surface area contributed by atoms with E-state index in [4.69, 9.17) is 65.2 Å².